The highest BCUT2D eigenvalue weighted by Crippen LogP contribution is 2.40. The Bertz CT molecular complexity index is 1080. The number of carbonyl (C=O) groups excluding carboxylic acids is 2. The Morgan fingerprint density at radius 3 is 2.44 bits per heavy atom. The molecule has 1 atom stereocenters. The normalized spacial score (nSPS) is 20.8. The van der Waals surface area contributed by atoms with Crippen LogP contribution >= 0.6 is 0 Å². The van der Waals surface area contributed by atoms with Crippen molar-refractivity contribution in [2.45, 2.75) is 18.9 Å². The van der Waals surface area contributed by atoms with Gasteiger partial charge in [-0.1, -0.05) is 18.2 Å². The SMILES string of the molecule is COc1ccc(/C(O)=C2\C(=O)C(=O)N(CCN3CCCC3)C2c2ccccc2F)cc1F. The molecular formula is C24H24F2N2O4. The average molecular weight is 442 g/mol. The summed E-state index contributed by atoms with van der Waals surface area (Å²) in [6, 6.07) is 8.44. The number of aliphatic hydroxyl groups excluding tert-OH is 1. The summed E-state index contributed by atoms with van der Waals surface area (Å²) >= 11 is 0. The zero-order valence-corrected chi connectivity index (χ0v) is 17.7. The van der Waals surface area contributed by atoms with E-state index in [1.807, 2.05) is 0 Å². The number of methoxy groups -OCH3 is 1. The Balaban J connectivity index is 1.79. The molecule has 1 N–H and O–H groups in total. The van der Waals surface area contributed by atoms with Crippen LogP contribution in [0.4, 0.5) is 8.78 Å². The number of carbonyl (C=O) groups is 2. The molecule has 8 heteroatoms. The molecule has 2 aromatic rings. The van der Waals surface area contributed by atoms with Crippen LogP contribution in [-0.2, 0) is 9.59 Å². The largest absolute Gasteiger partial charge is 0.507 e. The Morgan fingerprint density at radius 1 is 1.06 bits per heavy atom. The van der Waals surface area contributed by atoms with Gasteiger partial charge < -0.3 is 19.6 Å². The van der Waals surface area contributed by atoms with E-state index >= 15 is 0 Å². The molecule has 2 aliphatic heterocycles. The highest BCUT2D eigenvalue weighted by Gasteiger charge is 2.47. The summed E-state index contributed by atoms with van der Waals surface area (Å²) in [6.45, 7) is 2.55. The topological polar surface area (TPSA) is 70.1 Å². The van der Waals surface area contributed by atoms with Crippen LogP contribution in [0.1, 0.15) is 30.0 Å². The van der Waals surface area contributed by atoms with Gasteiger partial charge >= 0.3 is 0 Å². The van der Waals surface area contributed by atoms with Crippen molar-refractivity contribution in [3.8, 4) is 5.75 Å². The number of halogens is 2. The summed E-state index contributed by atoms with van der Waals surface area (Å²) in [6.07, 6.45) is 2.14. The van der Waals surface area contributed by atoms with Crippen LogP contribution in [-0.4, -0.2) is 59.9 Å². The molecule has 2 aliphatic rings. The molecule has 2 saturated heterocycles. The lowest BCUT2D eigenvalue weighted by Gasteiger charge is -2.27. The van der Waals surface area contributed by atoms with Crippen molar-refractivity contribution in [3.63, 3.8) is 0 Å². The fourth-order valence-corrected chi connectivity index (χ4v) is 4.36. The van der Waals surface area contributed by atoms with Crippen LogP contribution in [0.25, 0.3) is 5.76 Å². The van der Waals surface area contributed by atoms with E-state index in [4.69, 9.17) is 4.74 Å². The van der Waals surface area contributed by atoms with Crippen LogP contribution < -0.4 is 4.74 Å². The van der Waals surface area contributed by atoms with Crippen LogP contribution in [0.3, 0.4) is 0 Å². The predicted molar refractivity (Wildman–Crippen MR) is 114 cm³/mol. The van der Waals surface area contributed by atoms with Gasteiger partial charge in [0.15, 0.2) is 11.6 Å². The number of benzene rings is 2. The number of rotatable bonds is 6. The third kappa shape index (κ3) is 3.98. The lowest BCUT2D eigenvalue weighted by atomic mass is 9.95. The highest BCUT2D eigenvalue weighted by atomic mass is 19.1. The molecule has 2 aromatic carbocycles. The number of hydrogen-bond donors (Lipinski definition) is 1. The fourth-order valence-electron chi connectivity index (χ4n) is 4.36. The molecule has 0 aromatic heterocycles. The van der Waals surface area contributed by atoms with Crippen molar-refractivity contribution in [1.82, 2.24) is 9.80 Å². The molecule has 6 nitrogen and oxygen atoms in total. The van der Waals surface area contributed by atoms with E-state index in [0.717, 1.165) is 32.0 Å². The minimum absolute atomic E-state index is 0.00202. The van der Waals surface area contributed by atoms with Gasteiger partial charge in [0.1, 0.15) is 11.6 Å². The smallest absolute Gasteiger partial charge is 0.295 e. The van der Waals surface area contributed by atoms with Gasteiger partial charge in [0.2, 0.25) is 0 Å². The van der Waals surface area contributed by atoms with Gasteiger partial charge in [-0.3, -0.25) is 9.59 Å². The van der Waals surface area contributed by atoms with E-state index in [-0.39, 0.29) is 29.0 Å². The monoisotopic (exact) mass is 442 g/mol. The summed E-state index contributed by atoms with van der Waals surface area (Å²) in [7, 11) is 1.31. The maximum absolute atomic E-state index is 14.8. The van der Waals surface area contributed by atoms with Gasteiger partial charge in [0.05, 0.1) is 18.7 Å². The number of likely N-dealkylation sites (tertiary alicyclic amines) is 2. The molecule has 168 valence electrons. The van der Waals surface area contributed by atoms with Gasteiger partial charge in [0.25, 0.3) is 11.7 Å². The third-order valence-corrected chi connectivity index (χ3v) is 6.02. The summed E-state index contributed by atoms with van der Waals surface area (Å²) < 4.78 is 33.9. The van der Waals surface area contributed by atoms with Gasteiger partial charge in [-0.25, -0.2) is 8.78 Å². The standard InChI is InChI=1S/C24H24F2N2O4/c1-32-19-9-8-15(14-18(19)26)22(29)20-21(16-6-2-3-7-17(16)25)28(24(31)23(20)30)13-12-27-10-4-5-11-27/h2-3,6-9,14,21,29H,4-5,10-13H2,1H3/b22-20+. The van der Waals surface area contributed by atoms with Crippen molar-refractivity contribution in [3.05, 3.63) is 70.8 Å². The minimum Gasteiger partial charge on any atom is -0.507 e. The van der Waals surface area contributed by atoms with E-state index in [1.54, 1.807) is 6.07 Å². The van der Waals surface area contributed by atoms with Crippen molar-refractivity contribution in [2.75, 3.05) is 33.3 Å². The van der Waals surface area contributed by atoms with E-state index in [0.29, 0.717) is 6.54 Å². The number of ether oxygens (including phenoxy) is 1. The molecule has 0 spiro atoms. The summed E-state index contributed by atoms with van der Waals surface area (Å²) in [4.78, 5) is 29.4. The minimum atomic E-state index is -1.11. The van der Waals surface area contributed by atoms with Crippen LogP contribution in [0.15, 0.2) is 48.0 Å². The molecule has 0 saturated carbocycles. The second-order valence-electron chi connectivity index (χ2n) is 7.91. The molecule has 0 bridgehead atoms. The van der Waals surface area contributed by atoms with Gasteiger partial charge in [-0.05, 0) is 50.2 Å². The lowest BCUT2D eigenvalue weighted by molar-refractivity contribution is -0.140. The Labute approximate surface area is 184 Å². The first-order valence-corrected chi connectivity index (χ1v) is 10.5. The first-order chi connectivity index (χ1) is 15.4. The van der Waals surface area contributed by atoms with E-state index in [1.165, 1.54) is 42.3 Å². The van der Waals surface area contributed by atoms with Crippen molar-refractivity contribution in [2.24, 2.45) is 0 Å². The first kappa shape index (κ1) is 22.0. The second kappa shape index (κ2) is 9.08. The first-order valence-electron chi connectivity index (χ1n) is 10.5. The number of amides is 1. The quantitative estimate of drug-likeness (QED) is 0.421. The third-order valence-electron chi connectivity index (χ3n) is 6.02. The molecule has 2 heterocycles. The number of ketones is 1. The van der Waals surface area contributed by atoms with Crippen LogP contribution in [0.5, 0.6) is 5.75 Å². The maximum atomic E-state index is 14.8. The van der Waals surface area contributed by atoms with Gasteiger partial charge in [-0.15, -0.1) is 0 Å². The number of nitrogens with zero attached hydrogens (tertiary/aromatic N) is 2. The molecule has 32 heavy (non-hydrogen) atoms. The molecule has 0 aliphatic carbocycles. The number of hydrogen-bond acceptors (Lipinski definition) is 5. The summed E-state index contributed by atoms with van der Waals surface area (Å²) in [5, 5.41) is 11.0. The Hall–Kier alpha value is -3.26. The predicted octanol–water partition coefficient (Wildman–Crippen LogP) is 3.49. The number of aliphatic hydroxyl groups is 1. The molecule has 2 fully saturated rings. The van der Waals surface area contributed by atoms with Crippen molar-refractivity contribution >= 4 is 17.4 Å². The Morgan fingerprint density at radius 2 is 1.78 bits per heavy atom. The molecule has 0 radical (unpaired) electrons. The van der Waals surface area contributed by atoms with Crippen LogP contribution in [0.2, 0.25) is 0 Å². The zero-order chi connectivity index (χ0) is 22.8. The molecular weight excluding hydrogens is 418 g/mol. The van der Waals surface area contributed by atoms with E-state index in [9.17, 15) is 23.5 Å². The van der Waals surface area contributed by atoms with Gasteiger partial charge in [0, 0.05) is 24.2 Å². The van der Waals surface area contributed by atoms with Gasteiger partial charge in [-0.2, -0.15) is 0 Å². The van der Waals surface area contributed by atoms with E-state index in [2.05, 4.69) is 4.90 Å². The van der Waals surface area contributed by atoms with E-state index < -0.39 is 35.1 Å². The van der Waals surface area contributed by atoms with Crippen molar-refractivity contribution < 1.29 is 28.2 Å². The van der Waals surface area contributed by atoms with Crippen LogP contribution in [0, 0.1) is 11.6 Å². The molecule has 1 unspecified atom stereocenters. The fraction of sp³-hybridized carbons (Fsp3) is 0.333. The lowest BCUT2D eigenvalue weighted by Crippen LogP contribution is -2.37. The van der Waals surface area contributed by atoms with Crippen molar-refractivity contribution in [1.29, 1.82) is 0 Å². The Kier molecular flexibility index (Phi) is 6.23. The zero-order valence-electron chi connectivity index (χ0n) is 17.7. The number of Topliss-reactive ketones (excluding diaryl/α,β-unsaturated/α-hetero) is 1. The average Bonchev–Trinajstić information content (AvgIpc) is 3.39. The maximum Gasteiger partial charge on any atom is 0.295 e. The summed E-state index contributed by atoms with van der Waals surface area (Å²) in [5.74, 6) is -3.65. The highest BCUT2D eigenvalue weighted by molar-refractivity contribution is 6.46. The second-order valence-corrected chi connectivity index (χ2v) is 7.91. The molecule has 4 rings (SSSR count). The molecule has 1 amide bonds. The summed E-state index contributed by atoms with van der Waals surface area (Å²) in [5.41, 5.74) is -0.156.